The Morgan fingerprint density at radius 1 is 1.07 bits per heavy atom. The van der Waals surface area contributed by atoms with Crippen LogP contribution in [0.3, 0.4) is 0 Å². The molecule has 0 radical (unpaired) electrons. The van der Waals surface area contributed by atoms with Crippen LogP contribution >= 0.6 is 31.9 Å². The van der Waals surface area contributed by atoms with Crippen LogP contribution in [0.2, 0.25) is 0 Å². The van der Waals surface area contributed by atoms with Crippen LogP contribution in [-0.4, -0.2) is 5.11 Å². The summed E-state index contributed by atoms with van der Waals surface area (Å²) in [7, 11) is 0. The molecule has 0 aromatic heterocycles. The van der Waals surface area contributed by atoms with Gasteiger partial charge in [0.15, 0.2) is 0 Å². The van der Waals surface area contributed by atoms with Crippen molar-refractivity contribution in [3.05, 3.63) is 45.4 Å². The quantitative estimate of drug-likeness (QED) is 0.809. The van der Waals surface area contributed by atoms with Crippen LogP contribution in [0.4, 0.5) is 0 Å². The van der Waals surface area contributed by atoms with Crippen molar-refractivity contribution >= 4 is 48.7 Å². The zero-order chi connectivity index (χ0) is 10.8. The molecule has 0 aliphatic rings. The first kappa shape index (κ1) is 10.7. The number of benzene rings is 2. The van der Waals surface area contributed by atoms with Crippen LogP contribution in [-0.2, 0) is 0 Å². The van der Waals surface area contributed by atoms with Gasteiger partial charge >= 0.3 is 0 Å². The Morgan fingerprint density at radius 2 is 1.80 bits per heavy atom. The highest BCUT2D eigenvalue weighted by Crippen LogP contribution is 2.31. The Hall–Kier alpha value is -0.800. The number of phenols is 1. The van der Waals surface area contributed by atoms with Gasteiger partial charge in [0.2, 0.25) is 0 Å². The summed E-state index contributed by atoms with van der Waals surface area (Å²) < 4.78 is 0.807. The molecule has 0 fully saturated rings. The molecule has 0 saturated heterocycles. The fraction of sp³-hybridized carbons (Fsp3) is 0. The van der Waals surface area contributed by atoms with Crippen LogP contribution in [0.25, 0.3) is 16.8 Å². The molecule has 0 aliphatic carbocycles. The van der Waals surface area contributed by atoms with E-state index in [1.54, 1.807) is 6.07 Å². The van der Waals surface area contributed by atoms with E-state index in [4.69, 9.17) is 0 Å². The Bertz CT molecular complexity index is 528. The molecule has 15 heavy (non-hydrogen) atoms. The molecule has 0 bridgehead atoms. The second kappa shape index (κ2) is 4.37. The van der Waals surface area contributed by atoms with Crippen molar-refractivity contribution in [2.75, 3.05) is 0 Å². The Balaban J connectivity index is 2.80. The smallest absolute Gasteiger partial charge is 0.123 e. The third-order valence-corrected chi connectivity index (χ3v) is 2.66. The standard InChI is InChI=1S/C12H8Br2O/c13-12(14)7-10-9-4-2-1-3-8(9)5-6-11(10)15/h1-7,15H. The predicted molar refractivity (Wildman–Crippen MR) is 71.4 cm³/mol. The SMILES string of the molecule is Oc1ccc2ccccc2c1C=C(Br)Br. The molecule has 0 heterocycles. The van der Waals surface area contributed by atoms with Crippen LogP contribution in [0, 0.1) is 0 Å². The molecule has 2 aromatic rings. The molecular weight excluding hydrogens is 320 g/mol. The summed E-state index contributed by atoms with van der Waals surface area (Å²) in [4.78, 5) is 0. The number of halogens is 2. The van der Waals surface area contributed by atoms with Gasteiger partial charge in [0, 0.05) is 5.56 Å². The molecule has 0 aliphatic heterocycles. The molecule has 0 saturated carbocycles. The van der Waals surface area contributed by atoms with E-state index in [2.05, 4.69) is 31.9 Å². The molecule has 0 atom stereocenters. The van der Waals surface area contributed by atoms with E-state index in [9.17, 15) is 5.11 Å². The zero-order valence-electron chi connectivity index (χ0n) is 7.74. The highest BCUT2D eigenvalue weighted by atomic mass is 79.9. The summed E-state index contributed by atoms with van der Waals surface area (Å²) in [5, 5.41) is 11.9. The second-order valence-corrected chi connectivity index (χ2v) is 5.93. The van der Waals surface area contributed by atoms with Crippen molar-refractivity contribution in [3.8, 4) is 5.75 Å². The zero-order valence-corrected chi connectivity index (χ0v) is 10.9. The number of fused-ring (bicyclic) bond motifs is 1. The van der Waals surface area contributed by atoms with Crippen molar-refractivity contribution in [2.24, 2.45) is 0 Å². The number of rotatable bonds is 1. The van der Waals surface area contributed by atoms with Crippen LogP contribution in [0.1, 0.15) is 5.56 Å². The average molecular weight is 328 g/mol. The summed E-state index contributed by atoms with van der Waals surface area (Å²) in [6.45, 7) is 0. The van der Waals surface area contributed by atoms with Crippen molar-refractivity contribution in [2.45, 2.75) is 0 Å². The lowest BCUT2D eigenvalue weighted by Gasteiger charge is -2.04. The van der Waals surface area contributed by atoms with Gasteiger partial charge in [-0.2, -0.15) is 0 Å². The first-order valence-electron chi connectivity index (χ1n) is 4.42. The van der Waals surface area contributed by atoms with Gasteiger partial charge in [-0.05, 0) is 54.8 Å². The Kier molecular flexibility index (Phi) is 3.12. The third kappa shape index (κ3) is 2.24. The summed E-state index contributed by atoms with van der Waals surface area (Å²) in [6.07, 6.45) is 1.84. The number of hydrogen-bond acceptors (Lipinski definition) is 1. The van der Waals surface area contributed by atoms with Crippen LogP contribution < -0.4 is 0 Å². The van der Waals surface area contributed by atoms with Gasteiger partial charge in [-0.1, -0.05) is 30.3 Å². The minimum Gasteiger partial charge on any atom is -0.507 e. The topological polar surface area (TPSA) is 20.2 Å². The molecule has 0 unspecified atom stereocenters. The van der Waals surface area contributed by atoms with Gasteiger partial charge in [-0.3, -0.25) is 0 Å². The summed E-state index contributed by atoms with van der Waals surface area (Å²) in [5.74, 6) is 0.283. The molecule has 0 amide bonds. The number of phenolic OH excluding ortho intramolecular Hbond substituents is 1. The maximum absolute atomic E-state index is 9.77. The van der Waals surface area contributed by atoms with Gasteiger partial charge in [0.25, 0.3) is 0 Å². The van der Waals surface area contributed by atoms with Crippen LogP contribution in [0.5, 0.6) is 5.75 Å². The van der Waals surface area contributed by atoms with Gasteiger partial charge < -0.3 is 5.11 Å². The molecule has 3 heteroatoms. The maximum Gasteiger partial charge on any atom is 0.123 e. The molecule has 2 aromatic carbocycles. The van der Waals surface area contributed by atoms with Crippen molar-refractivity contribution in [1.82, 2.24) is 0 Å². The molecule has 76 valence electrons. The van der Waals surface area contributed by atoms with Crippen molar-refractivity contribution in [3.63, 3.8) is 0 Å². The van der Waals surface area contributed by atoms with E-state index in [1.807, 2.05) is 36.4 Å². The van der Waals surface area contributed by atoms with Crippen molar-refractivity contribution in [1.29, 1.82) is 0 Å². The predicted octanol–water partition coefficient (Wildman–Crippen LogP) is 4.63. The van der Waals surface area contributed by atoms with Gasteiger partial charge in [0.05, 0.1) is 3.39 Å². The maximum atomic E-state index is 9.77. The minimum absolute atomic E-state index is 0.283. The highest BCUT2D eigenvalue weighted by molar-refractivity contribution is 9.28. The summed E-state index contributed by atoms with van der Waals surface area (Å²) in [6, 6.07) is 11.6. The number of hydrogen-bond donors (Lipinski definition) is 1. The second-order valence-electron chi connectivity index (χ2n) is 3.15. The Morgan fingerprint density at radius 3 is 2.53 bits per heavy atom. The van der Waals surface area contributed by atoms with E-state index in [1.165, 1.54) is 0 Å². The van der Waals surface area contributed by atoms with E-state index in [-0.39, 0.29) is 5.75 Å². The fourth-order valence-electron chi connectivity index (χ4n) is 1.54. The minimum atomic E-state index is 0.283. The molecular formula is C12H8Br2O. The lowest BCUT2D eigenvalue weighted by atomic mass is 10.0. The van der Waals surface area contributed by atoms with Gasteiger partial charge in [0.1, 0.15) is 5.75 Å². The summed E-state index contributed by atoms with van der Waals surface area (Å²) >= 11 is 6.60. The van der Waals surface area contributed by atoms with Gasteiger partial charge in [-0.15, -0.1) is 0 Å². The van der Waals surface area contributed by atoms with E-state index < -0.39 is 0 Å². The highest BCUT2D eigenvalue weighted by Gasteiger charge is 2.03. The lowest BCUT2D eigenvalue weighted by Crippen LogP contribution is -1.79. The third-order valence-electron chi connectivity index (χ3n) is 2.20. The van der Waals surface area contributed by atoms with E-state index >= 15 is 0 Å². The average Bonchev–Trinajstić information content (AvgIpc) is 2.22. The molecule has 1 N–H and O–H groups in total. The first-order valence-corrected chi connectivity index (χ1v) is 6.00. The monoisotopic (exact) mass is 326 g/mol. The first-order chi connectivity index (χ1) is 7.18. The molecule has 1 nitrogen and oxygen atoms in total. The Labute approximate surface area is 105 Å². The van der Waals surface area contributed by atoms with E-state index in [0.717, 1.165) is 19.7 Å². The van der Waals surface area contributed by atoms with Crippen molar-refractivity contribution < 1.29 is 5.11 Å². The van der Waals surface area contributed by atoms with E-state index in [0.29, 0.717) is 0 Å². The fourth-order valence-corrected chi connectivity index (χ4v) is 2.00. The lowest BCUT2D eigenvalue weighted by molar-refractivity contribution is 0.475. The normalized spacial score (nSPS) is 10.3. The van der Waals surface area contributed by atoms with Crippen LogP contribution in [0.15, 0.2) is 39.8 Å². The number of aromatic hydroxyl groups is 1. The summed E-state index contributed by atoms with van der Waals surface area (Å²) in [5.41, 5.74) is 0.817. The largest absolute Gasteiger partial charge is 0.507 e. The molecule has 2 rings (SSSR count). The van der Waals surface area contributed by atoms with Gasteiger partial charge in [-0.25, -0.2) is 0 Å². The molecule has 0 spiro atoms.